The maximum absolute atomic E-state index is 5.69. The van der Waals surface area contributed by atoms with Crippen LogP contribution in [-0.4, -0.2) is 0 Å². The van der Waals surface area contributed by atoms with Gasteiger partial charge in [0.1, 0.15) is 12.4 Å². The van der Waals surface area contributed by atoms with Crippen LogP contribution >= 0.6 is 0 Å². The van der Waals surface area contributed by atoms with E-state index in [-0.39, 0.29) is 7.43 Å². The van der Waals surface area contributed by atoms with Crippen molar-refractivity contribution < 1.29 is 4.74 Å². The van der Waals surface area contributed by atoms with Crippen molar-refractivity contribution in [1.29, 1.82) is 0 Å². The van der Waals surface area contributed by atoms with Gasteiger partial charge >= 0.3 is 0 Å². The lowest BCUT2D eigenvalue weighted by Gasteiger charge is -2.06. The van der Waals surface area contributed by atoms with E-state index in [2.05, 4.69) is 31.2 Å². The molecule has 0 bridgehead atoms. The zero-order valence-electron chi connectivity index (χ0n) is 13.5. The van der Waals surface area contributed by atoms with Gasteiger partial charge in [0.2, 0.25) is 0 Å². The standard InChI is InChI=1S/C15H16O.2C2H6.CH4/c1-2-13-8-10-15(11-9-13)16-12-14-6-4-3-5-7-14;2*1-2;/h3-11H,2,12H2,1H3;2*1-2H3;1H4. The van der Waals surface area contributed by atoms with E-state index in [0.717, 1.165) is 12.2 Å². The SMILES string of the molecule is C.CC.CC.CCc1ccc(OCc2ccccc2)cc1. The average molecular weight is 288 g/mol. The molecule has 0 spiro atoms. The fraction of sp³-hybridized carbons (Fsp3) is 0.400. The fourth-order valence-electron chi connectivity index (χ4n) is 1.56. The lowest BCUT2D eigenvalue weighted by molar-refractivity contribution is 0.306. The molecule has 0 heterocycles. The molecular formula is C20H32O. The third kappa shape index (κ3) is 8.91. The van der Waals surface area contributed by atoms with Crippen LogP contribution in [0.4, 0.5) is 0 Å². The summed E-state index contributed by atoms with van der Waals surface area (Å²) >= 11 is 0. The highest BCUT2D eigenvalue weighted by atomic mass is 16.5. The van der Waals surface area contributed by atoms with Crippen LogP contribution in [0, 0.1) is 0 Å². The van der Waals surface area contributed by atoms with Gasteiger partial charge in [-0.2, -0.15) is 0 Å². The van der Waals surface area contributed by atoms with Crippen molar-refractivity contribution in [2.24, 2.45) is 0 Å². The number of ether oxygens (including phenoxy) is 1. The summed E-state index contributed by atoms with van der Waals surface area (Å²) in [5, 5.41) is 0. The van der Waals surface area contributed by atoms with Gasteiger partial charge < -0.3 is 4.74 Å². The Morgan fingerprint density at radius 2 is 1.24 bits per heavy atom. The molecule has 2 aromatic rings. The highest BCUT2D eigenvalue weighted by Crippen LogP contribution is 2.14. The Morgan fingerprint density at radius 3 is 1.71 bits per heavy atom. The van der Waals surface area contributed by atoms with Crippen LogP contribution in [0.2, 0.25) is 0 Å². The Kier molecular flexibility index (Phi) is 15.0. The molecule has 0 aliphatic carbocycles. The van der Waals surface area contributed by atoms with Crippen molar-refractivity contribution >= 4 is 0 Å². The molecule has 0 aliphatic heterocycles. The quantitative estimate of drug-likeness (QED) is 0.622. The minimum absolute atomic E-state index is 0. The Hall–Kier alpha value is -1.76. The summed E-state index contributed by atoms with van der Waals surface area (Å²) in [6.45, 7) is 10.8. The molecule has 0 saturated heterocycles. The molecule has 0 unspecified atom stereocenters. The van der Waals surface area contributed by atoms with E-state index in [4.69, 9.17) is 4.74 Å². The van der Waals surface area contributed by atoms with Crippen LogP contribution in [0.15, 0.2) is 54.6 Å². The van der Waals surface area contributed by atoms with E-state index in [1.54, 1.807) is 0 Å². The molecule has 21 heavy (non-hydrogen) atoms. The van der Waals surface area contributed by atoms with Crippen LogP contribution in [0.3, 0.4) is 0 Å². The Labute approximate surface area is 132 Å². The predicted molar refractivity (Wildman–Crippen MR) is 96.0 cm³/mol. The molecule has 2 rings (SSSR count). The van der Waals surface area contributed by atoms with Crippen LogP contribution in [0.25, 0.3) is 0 Å². The molecule has 0 saturated carbocycles. The van der Waals surface area contributed by atoms with Crippen LogP contribution in [0.1, 0.15) is 53.2 Å². The van der Waals surface area contributed by atoms with Gasteiger partial charge in [0.25, 0.3) is 0 Å². The largest absolute Gasteiger partial charge is 0.489 e. The van der Waals surface area contributed by atoms with E-state index in [1.807, 2.05) is 58.0 Å². The number of aryl methyl sites for hydroxylation is 1. The summed E-state index contributed by atoms with van der Waals surface area (Å²) in [5.74, 6) is 0.932. The summed E-state index contributed by atoms with van der Waals surface area (Å²) < 4.78 is 5.69. The van der Waals surface area contributed by atoms with Gasteiger partial charge in [-0.05, 0) is 29.7 Å². The Bertz CT molecular complexity index is 417. The zero-order valence-corrected chi connectivity index (χ0v) is 13.5. The highest BCUT2D eigenvalue weighted by Gasteiger charge is 1.95. The minimum atomic E-state index is 0. The van der Waals surface area contributed by atoms with Gasteiger partial charge in [0.05, 0.1) is 0 Å². The first-order valence-corrected chi connectivity index (χ1v) is 7.64. The summed E-state index contributed by atoms with van der Waals surface area (Å²) in [6, 6.07) is 18.5. The molecule has 2 aromatic carbocycles. The van der Waals surface area contributed by atoms with E-state index >= 15 is 0 Å². The number of benzene rings is 2. The van der Waals surface area contributed by atoms with E-state index in [9.17, 15) is 0 Å². The van der Waals surface area contributed by atoms with Gasteiger partial charge in [-0.15, -0.1) is 0 Å². The van der Waals surface area contributed by atoms with E-state index in [1.165, 1.54) is 11.1 Å². The van der Waals surface area contributed by atoms with Crippen molar-refractivity contribution in [1.82, 2.24) is 0 Å². The Morgan fingerprint density at radius 1 is 0.714 bits per heavy atom. The monoisotopic (exact) mass is 288 g/mol. The molecule has 0 aromatic heterocycles. The summed E-state index contributed by atoms with van der Waals surface area (Å²) in [5.41, 5.74) is 2.54. The first kappa shape index (κ1) is 21.5. The van der Waals surface area contributed by atoms with Crippen LogP contribution in [-0.2, 0) is 13.0 Å². The Balaban J connectivity index is 0. The second kappa shape index (κ2) is 14.6. The summed E-state index contributed by atoms with van der Waals surface area (Å²) in [4.78, 5) is 0. The molecule has 0 N–H and O–H groups in total. The first-order chi connectivity index (χ1) is 9.88. The molecule has 0 atom stereocenters. The topological polar surface area (TPSA) is 9.23 Å². The fourth-order valence-corrected chi connectivity index (χ4v) is 1.56. The second-order valence-corrected chi connectivity index (χ2v) is 3.77. The maximum atomic E-state index is 5.69. The average Bonchev–Trinajstić information content (AvgIpc) is 2.58. The molecule has 0 amide bonds. The maximum Gasteiger partial charge on any atom is 0.119 e. The van der Waals surface area contributed by atoms with Crippen molar-refractivity contribution in [3.8, 4) is 5.75 Å². The van der Waals surface area contributed by atoms with Crippen molar-refractivity contribution in [3.63, 3.8) is 0 Å². The van der Waals surface area contributed by atoms with Crippen LogP contribution in [0.5, 0.6) is 5.75 Å². The second-order valence-electron chi connectivity index (χ2n) is 3.77. The first-order valence-electron chi connectivity index (χ1n) is 7.64. The molecule has 0 fully saturated rings. The van der Waals surface area contributed by atoms with Crippen LogP contribution < -0.4 is 4.74 Å². The van der Waals surface area contributed by atoms with E-state index in [0.29, 0.717) is 6.61 Å². The zero-order chi connectivity index (χ0) is 15.2. The number of hydrogen-bond donors (Lipinski definition) is 0. The van der Waals surface area contributed by atoms with Crippen molar-refractivity contribution in [2.75, 3.05) is 0 Å². The van der Waals surface area contributed by atoms with E-state index < -0.39 is 0 Å². The third-order valence-corrected chi connectivity index (χ3v) is 2.58. The van der Waals surface area contributed by atoms with Gasteiger partial charge in [-0.3, -0.25) is 0 Å². The summed E-state index contributed by atoms with van der Waals surface area (Å²) in [7, 11) is 0. The molecule has 1 heteroatoms. The van der Waals surface area contributed by atoms with Gasteiger partial charge in [0.15, 0.2) is 0 Å². The lowest BCUT2D eigenvalue weighted by atomic mass is 10.2. The third-order valence-electron chi connectivity index (χ3n) is 2.58. The number of rotatable bonds is 4. The molecular weight excluding hydrogens is 256 g/mol. The minimum Gasteiger partial charge on any atom is -0.489 e. The van der Waals surface area contributed by atoms with Gasteiger partial charge in [0, 0.05) is 0 Å². The molecule has 0 radical (unpaired) electrons. The predicted octanol–water partition coefficient (Wildman–Crippen LogP) is 6.52. The smallest absolute Gasteiger partial charge is 0.119 e. The number of hydrogen-bond acceptors (Lipinski definition) is 1. The van der Waals surface area contributed by atoms with Gasteiger partial charge in [-0.1, -0.05) is 84.5 Å². The molecule has 1 nitrogen and oxygen atoms in total. The molecule has 118 valence electrons. The normalized spacial score (nSPS) is 8.24. The molecule has 0 aliphatic rings. The summed E-state index contributed by atoms with van der Waals surface area (Å²) in [6.07, 6.45) is 1.07. The lowest BCUT2D eigenvalue weighted by Crippen LogP contribution is -1.94. The van der Waals surface area contributed by atoms with Gasteiger partial charge in [-0.25, -0.2) is 0 Å². The van der Waals surface area contributed by atoms with Crippen molar-refractivity contribution in [3.05, 3.63) is 65.7 Å². The highest BCUT2D eigenvalue weighted by molar-refractivity contribution is 5.27. The van der Waals surface area contributed by atoms with Crippen molar-refractivity contribution in [2.45, 2.75) is 55.1 Å².